The molecule has 0 atom stereocenters. The first-order valence-electron chi connectivity index (χ1n) is 7.09. The topological polar surface area (TPSA) is 45.2 Å². The van der Waals surface area contributed by atoms with Gasteiger partial charge in [0, 0.05) is 11.4 Å². The van der Waals surface area contributed by atoms with Crippen LogP contribution in [-0.4, -0.2) is 29.4 Å². The number of benzene rings is 1. The molecule has 0 unspecified atom stereocenters. The second-order valence-corrected chi connectivity index (χ2v) is 7.41. The van der Waals surface area contributed by atoms with E-state index in [0.717, 1.165) is 11.2 Å². The molecule has 1 N–H and O–H groups in total. The lowest BCUT2D eigenvalue weighted by Crippen LogP contribution is -2.29. The molecule has 0 fully saturated rings. The number of anilines is 1. The summed E-state index contributed by atoms with van der Waals surface area (Å²) in [5.74, 6) is -0.425. The van der Waals surface area contributed by atoms with E-state index < -0.39 is 0 Å². The molecule has 3 aromatic rings. The van der Waals surface area contributed by atoms with E-state index in [2.05, 4.69) is 28.7 Å². The van der Waals surface area contributed by atoms with Gasteiger partial charge in [-0.3, -0.25) is 9.69 Å². The molecule has 0 aliphatic carbocycles. The van der Waals surface area contributed by atoms with Gasteiger partial charge in [-0.2, -0.15) is 0 Å². The van der Waals surface area contributed by atoms with Crippen molar-refractivity contribution in [2.45, 2.75) is 13.5 Å². The Labute approximate surface area is 141 Å². The maximum atomic E-state index is 13.2. The van der Waals surface area contributed by atoms with Gasteiger partial charge in [-0.25, -0.2) is 9.37 Å². The number of amides is 1. The van der Waals surface area contributed by atoms with Crippen molar-refractivity contribution in [2.24, 2.45) is 0 Å². The van der Waals surface area contributed by atoms with Crippen molar-refractivity contribution in [3.63, 3.8) is 0 Å². The van der Waals surface area contributed by atoms with E-state index in [1.54, 1.807) is 17.4 Å². The molecule has 0 bridgehead atoms. The van der Waals surface area contributed by atoms with Gasteiger partial charge in [0.1, 0.15) is 5.82 Å². The third-order valence-electron chi connectivity index (χ3n) is 3.39. The van der Waals surface area contributed by atoms with Crippen molar-refractivity contribution in [2.75, 3.05) is 18.9 Å². The van der Waals surface area contributed by atoms with Gasteiger partial charge in [-0.05, 0) is 49.2 Å². The molecular formula is C16H16FN3OS2. The van der Waals surface area contributed by atoms with Gasteiger partial charge < -0.3 is 5.32 Å². The molecule has 4 nitrogen and oxygen atoms in total. The predicted molar refractivity (Wildman–Crippen MR) is 93.6 cm³/mol. The summed E-state index contributed by atoms with van der Waals surface area (Å²) in [7, 11) is 1.91. The molecule has 23 heavy (non-hydrogen) atoms. The largest absolute Gasteiger partial charge is 0.301 e. The van der Waals surface area contributed by atoms with Crippen LogP contribution in [0.25, 0.3) is 10.2 Å². The van der Waals surface area contributed by atoms with Crippen LogP contribution in [0.4, 0.5) is 9.52 Å². The van der Waals surface area contributed by atoms with Crippen LogP contribution < -0.4 is 5.32 Å². The second kappa shape index (κ2) is 6.74. The lowest BCUT2D eigenvalue weighted by molar-refractivity contribution is -0.117. The zero-order valence-corrected chi connectivity index (χ0v) is 14.4. The van der Waals surface area contributed by atoms with E-state index in [-0.39, 0.29) is 18.3 Å². The lowest BCUT2D eigenvalue weighted by Gasteiger charge is -2.15. The van der Waals surface area contributed by atoms with E-state index >= 15 is 0 Å². The fourth-order valence-corrected chi connectivity index (χ4v) is 4.12. The van der Waals surface area contributed by atoms with Crippen LogP contribution in [-0.2, 0) is 11.3 Å². The number of fused-ring (bicyclic) bond motifs is 1. The van der Waals surface area contributed by atoms with Crippen LogP contribution in [0.15, 0.2) is 29.6 Å². The molecule has 0 spiro atoms. The second-order valence-electron chi connectivity index (χ2n) is 5.38. The Kier molecular flexibility index (Phi) is 4.70. The SMILES string of the molecule is Cc1ccsc1CN(C)CC(=O)Nc1nc2ccc(F)cc2s1. The van der Waals surface area contributed by atoms with Crippen molar-refractivity contribution in [1.29, 1.82) is 0 Å². The van der Waals surface area contributed by atoms with Crippen molar-refractivity contribution in [3.05, 3.63) is 45.9 Å². The van der Waals surface area contributed by atoms with Crippen molar-refractivity contribution >= 4 is 43.9 Å². The number of hydrogen-bond donors (Lipinski definition) is 1. The Morgan fingerprint density at radius 1 is 1.39 bits per heavy atom. The number of rotatable bonds is 5. The quantitative estimate of drug-likeness (QED) is 0.760. The summed E-state index contributed by atoms with van der Waals surface area (Å²) in [6.45, 7) is 3.09. The average Bonchev–Trinajstić information content (AvgIpc) is 3.04. The summed E-state index contributed by atoms with van der Waals surface area (Å²) in [4.78, 5) is 19.6. The molecule has 0 radical (unpaired) electrons. The fourth-order valence-electron chi connectivity index (χ4n) is 2.22. The van der Waals surface area contributed by atoms with Crippen LogP contribution in [0, 0.1) is 12.7 Å². The minimum Gasteiger partial charge on any atom is -0.301 e. The van der Waals surface area contributed by atoms with Gasteiger partial charge in [0.15, 0.2) is 5.13 Å². The first-order chi connectivity index (χ1) is 11.0. The number of hydrogen-bond acceptors (Lipinski definition) is 5. The Balaban J connectivity index is 1.60. The molecule has 0 saturated heterocycles. The van der Waals surface area contributed by atoms with Gasteiger partial charge >= 0.3 is 0 Å². The smallest absolute Gasteiger partial charge is 0.240 e. The average molecular weight is 349 g/mol. The van der Waals surface area contributed by atoms with Gasteiger partial charge in [0.25, 0.3) is 0 Å². The maximum Gasteiger partial charge on any atom is 0.240 e. The molecule has 2 heterocycles. The van der Waals surface area contributed by atoms with Gasteiger partial charge in [0.2, 0.25) is 5.91 Å². The molecular weight excluding hydrogens is 333 g/mol. The third kappa shape index (κ3) is 3.93. The summed E-state index contributed by atoms with van der Waals surface area (Å²) in [5.41, 5.74) is 1.93. The van der Waals surface area contributed by atoms with Crippen LogP contribution in [0.1, 0.15) is 10.4 Å². The van der Waals surface area contributed by atoms with E-state index in [1.165, 1.54) is 33.9 Å². The molecule has 7 heteroatoms. The minimum absolute atomic E-state index is 0.124. The minimum atomic E-state index is -0.301. The van der Waals surface area contributed by atoms with Crippen molar-refractivity contribution in [1.82, 2.24) is 9.88 Å². The number of likely N-dealkylation sites (N-methyl/N-ethyl adjacent to an activating group) is 1. The summed E-state index contributed by atoms with van der Waals surface area (Å²) in [5, 5.41) is 5.33. The predicted octanol–water partition coefficient (Wildman–Crippen LogP) is 3.88. The lowest BCUT2D eigenvalue weighted by atomic mass is 10.3. The molecule has 2 aromatic heterocycles. The number of carbonyl (C=O) groups excluding carboxylic acids is 1. The summed E-state index contributed by atoms with van der Waals surface area (Å²) >= 11 is 2.97. The maximum absolute atomic E-state index is 13.2. The molecule has 0 aliphatic heterocycles. The third-order valence-corrected chi connectivity index (χ3v) is 5.33. The Bertz CT molecular complexity index is 843. The van der Waals surface area contributed by atoms with Crippen LogP contribution in [0.5, 0.6) is 0 Å². The number of nitrogens with zero attached hydrogens (tertiary/aromatic N) is 2. The molecule has 3 rings (SSSR count). The Hall–Kier alpha value is -1.83. The highest BCUT2D eigenvalue weighted by molar-refractivity contribution is 7.22. The molecule has 120 valence electrons. The van der Waals surface area contributed by atoms with Crippen LogP contribution in [0.3, 0.4) is 0 Å². The standard InChI is InChI=1S/C16H16FN3OS2/c1-10-5-6-22-14(10)8-20(2)9-15(21)19-16-18-12-4-3-11(17)7-13(12)23-16/h3-7H,8-9H2,1-2H3,(H,18,19,21). The van der Waals surface area contributed by atoms with E-state index in [1.807, 2.05) is 11.9 Å². The van der Waals surface area contributed by atoms with Gasteiger partial charge in [-0.1, -0.05) is 11.3 Å². The number of carbonyl (C=O) groups is 1. The van der Waals surface area contributed by atoms with E-state index in [0.29, 0.717) is 10.6 Å². The van der Waals surface area contributed by atoms with E-state index in [9.17, 15) is 9.18 Å². The monoisotopic (exact) mass is 349 g/mol. The molecule has 1 amide bonds. The Morgan fingerprint density at radius 3 is 2.96 bits per heavy atom. The highest BCUT2D eigenvalue weighted by atomic mass is 32.1. The summed E-state index contributed by atoms with van der Waals surface area (Å²) in [6, 6.07) is 6.48. The molecule has 1 aromatic carbocycles. The molecule has 0 aliphatic rings. The number of nitrogens with one attached hydrogen (secondary N) is 1. The van der Waals surface area contributed by atoms with Crippen LogP contribution in [0.2, 0.25) is 0 Å². The van der Waals surface area contributed by atoms with Crippen molar-refractivity contribution in [3.8, 4) is 0 Å². The number of aromatic nitrogens is 1. The zero-order chi connectivity index (χ0) is 16.4. The number of thiazole rings is 1. The molecule has 0 saturated carbocycles. The highest BCUT2D eigenvalue weighted by Crippen LogP contribution is 2.26. The van der Waals surface area contributed by atoms with Gasteiger partial charge in [-0.15, -0.1) is 11.3 Å². The zero-order valence-electron chi connectivity index (χ0n) is 12.8. The van der Waals surface area contributed by atoms with Crippen molar-refractivity contribution < 1.29 is 9.18 Å². The van der Waals surface area contributed by atoms with E-state index in [4.69, 9.17) is 0 Å². The van der Waals surface area contributed by atoms with Crippen LogP contribution >= 0.6 is 22.7 Å². The number of aryl methyl sites for hydroxylation is 1. The van der Waals surface area contributed by atoms with Gasteiger partial charge in [0.05, 0.1) is 16.8 Å². The normalized spacial score (nSPS) is 11.3. The first kappa shape index (κ1) is 16.0. The number of thiophene rings is 1. The highest BCUT2D eigenvalue weighted by Gasteiger charge is 2.12. The fraction of sp³-hybridized carbons (Fsp3) is 0.250. The Morgan fingerprint density at radius 2 is 2.22 bits per heavy atom. The summed E-state index contributed by atoms with van der Waals surface area (Å²) < 4.78 is 13.9. The first-order valence-corrected chi connectivity index (χ1v) is 8.78. The summed E-state index contributed by atoms with van der Waals surface area (Å²) in [6.07, 6.45) is 0. The number of halogens is 1.